The number of ketones is 1. The van der Waals surface area contributed by atoms with E-state index >= 15 is 0 Å². The molecular weight excluding hydrogens is 378 g/mol. The Hall–Kier alpha value is -3.80. The number of nitrogens with one attached hydrogen (secondary N) is 1. The molecule has 5 rings (SSSR count). The van der Waals surface area contributed by atoms with Crippen molar-refractivity contribution in [2.24, 2.45) is 0 Å². The molecular formula is C24H21N3O3. The highest BCUT2D eigenvalue weighted by atomic mass is 16.5. The molecule has 4 aromatic rings. The van der Waals surface area contributed by atoms with Crippen LogP contribution in [0.25, 0.3) is 5.69 Å². The number of para-hydroxylation sites is 1. The van der Waals surface area contributed by atoms with Crippen molar-refractivity contribution in [2.45, 2.75) is 18.8 Å². The van der Waals surface area contributed by atoms with Crippen LogP contribution in [0.15, 0.2) is 77.4 Å². The highest BCUT2D eigenvalue weighted by Gasteiger charge is 2.34. The molecule has 0 radical (unpaired) electrons. The van der Waals surface area contributed by atoms with E-state index in [1.807, 2.05) is 71.4 Å². The van der Waals surface area contributed by atoms with Gasteiger partial charge in [0.25, 0.3) is 0 Å². The molecule has 0 saturated heterocycles. The zero-order valence-electron chi connectivity index (χ0n) is 16.5. The van der Waals surface area contributed by atoms with Gasteiger partial charge in [-0.05, 0) is 48.5 Å². The third-order valence-electron chi connectivity index (χ3n) is 5.43. The lowest BCUT2D eigenvalue weighted by Crippen LogP contribution is -2.20. The molecule has 2 aromatic carbocycles. The predicted octanol–water partition coefficient (Wildman–Crippen LogP) is 5.13. The van der Waals surface area contributed by atoms with Gasteiger partial charge in [0.05, 0.1) is 30.3 Å². The summed E-state index contributed by atoms with van der Waals surface area (Å²) < 4.78 is 12.7. The number of nitrogens with zero attached hydrogens (tertiary/aromatic N) is 2. The lowest BCUT2D eigenvalue weighted by molar-refractivity contribution is 0.0960. The lowest BCUT2D eigenvalue weighted by Gasteiger charge is -2.21. The van der Waals surface area contributed by atoms with Gasteiger partial charge in [0.1, 0.15) is 11.5 Å². The van der Waals surface area contributed by atoms with E-state index in [-0.39, 0.29) is 11.7 Å². The molecule has 1 N–H and O–H groups in total. The molecule has 0 amide bonds. The Morgan fingerprint density at radius 1 is 1.03 bits per heavy atom. The number of Topliss-reactive ketones (excluding diaryl/α,β-unsaturated/α-hetero) is 1. The van der Waals surface area contributed by atoms with Gasteiger partial charge >= 0.3 is 0 Å². The second-order valence-electron chi connectivity index (χ2n) is 7.31. The van der Waals surface area contributed by atoms with E-state index in [0.29, 0.717) is 24.2 Å². The molecule has 6 heteroatoms. The summed E-state index contributed by atoms with van der Waals surface area (Å²) in [5.74, 6) is 2.25. The van der Waals surface area contributed by atoms with E-state index in [1.54, 1.807) is 13.4 Å². The van der Waals surface area contributed by atoms with E-state index in [1.165, 1.54) is 0 Å². The summed E-state index contributed by atoms with van der Waals surface area (Å²) in [5.41, 5.74) is 3.31. The zero-order valence-corrected chi connectivity index (χ0v) is 16.5. The van der Waals surface area contributed by atoms with Gasteiger partial charge in [0, 0.05) is 24.4 Å². The molecule has 0 saturated carbocycles. The van der Waals surface area contributed by atoms with Crippen LogP contribution in [0.4, 0.5) is 11.5 Å². The minimum atomic E-state index is 0.00741. The van der Waals surface area contributed by atoms with Crippen molar-refractivity contribution in [2.75, 3.05) is 12.4 Å². The van der Waals surface area contributed by atoms with Gasteiger partial charge in [-0.2, -0.15) is 0 Å². The van der Waals surface area contributed by atoms with E-state index in [9.17, 15) is 4.79 Å². The van der Waals surface area contributed by atoms with Gasteiger partial charge in [-0.1, -0.05) is 18.2 Å². The van der Waals surface area contributed by atoms with Crippen LogP contribution in [0.3, 0.4) is 0 Å². The van der Waals surface area contributed by atoms with Crippen molar-refractivity contribution in [1.82, 2.24) is 9.78 Å². The number of carbonyl (C=O) groups is 1. The first-order chi connectivity index (χ1) is 14.7. The third kappa shape index (κ3) is 3.26. The highest BCUT2D eigenvalue weighted by molar-refractivity contribution is 6.03. The van der Waals surface area contributed by atoms with Crippen LogP contribution in [-0.2, 0) is 6.42 Å². The largest absolute Gasteiger partial charge is 0.497 e. The maximum atomic E-state index is 13.2. The molecule has 0 spiro atoms. The Morgan fingerprint density at radius 3 is 2.53 bits per heavy atom. The monoisotopic (exact) mass is 399 g/mol. The molecule has 0 fully saturated rings. The van der Waals surface area contributed by atoms with Crippen molar-refractivity contribution in [3.05, 3.63) is 90.0 Å². The molecule has 1 aliphatic carbocycles. The summed E-state index contributed by atoms with van der Waals surface area (Å²) in [6.07, 6.45) is 2.74. The summed E-state index contributed by atoms with van der Waals surface area (Å²) >= 11 is 0. The Bertz CT molecular complexity index is 1160. The van der Waals surface area contributed by atoms with Gasteiger partial charge in [0.2, 0.25) is 0 Å². The van der Waals surface area contributed by atoms with Crippen LogP contribution in [0.1, 0.15) is 34.2 Å². The first-order valence-electron chi connectivity index (χ1n) is 9.88. The van der Waals surface area contributed by atoms with E-state index in [2.05, 4.69) is 5.32 Å². The minimum absolute atomic E-state index is 0.00741. The lowest BCUT2D eigenvalue weighted by atomic mass is 9.85. The summed E-state index contributed by atoms with van der Waals surface area (Å²) in [4.78, 5) is 13.2. The standard InChI is InChI=1S/C24H21N3O3/c1-29-19-11-9-17(10-12-19)25-24-23-20(27(26-24)18-6-3-2-4-7-18)14-16(15-21(23)28)22-8-5-13-30-22/h2-13,16H,14-15H2,1H3,(H,25,26)/t16-/m1/s1. The Morgan fingerprint density at radius 2 is 1.83 bits per heavy atom. The number of benzene rings is 2. The molecule has 0 unspecified atom stereocenters. The van der Waals surface area contributed by atoms with Gasteiger partial charge in [-0.25, -0.2) is 4.68 Å². The normalized spacial score (nSPS) is 15.6. The van der Waals surface area contributed by atoms with Gasteiger partial charge in [0.15, 0.2) is 11.6 Å². The maximum absolute atomic E-state index is 13.2. The fourth-order valence-electron chi connectivity index (χ4n) is 3.97. The van der Waals surface area contributed by atoms with Crippen LogP contribution in [0.2, 0.25) is 0 Å². The van der Waals surface area contributed by atoms with Gasteiger partial charge in [-0.3, -0.25) is 4.79 Å². The van der Waals surface area contributed by atoms with Crippen LogP contribution in [-0.4, -0.2) is 22.7 Å². The Kier molecular flexibility index (Phi) is 4.59. The smallest absolute Gasteiger partial charge is 0.169 e. The van der Waals surface area contributed by atoms with E-state index < -0.39 is 0 Å². The van der Waals surface area contributed by atoms with Crippen molar-refractivity contribution < 1.29 is 13.9 Å². The van der Waals surface area contributed by atoms with Crippen molar-refractivity contribution in [3.63, 3.8) is 0 Å². The Labute approximate surface area is 174 Å². The molecule has 150 valence electrons. The maximum Gasteiger partial charge on any atom is 0.169 e. The Balaban J connectivity index is 1.58. The number of carbonyl (C=O) groups excluding carboxylic acids is 1. The number of aromatic nitrogens is 2. The quantitative estimate of drug-likeness (QED) is 0.504. The van der Waals surface area contributed by atoms with E-state index in [0.717, 1.165) is 28.6 Å². The number of methoxy groups -OCH3 is 1. The van der Waals surface area contributed by atoms with Crippen LogP contribution in [0.5, 0.6) is 5.75 Å². The second kappa shape index (κ2) is 7.55. The minimum Gasteiger partial charge on any atom is -0.497 e. The summed E-state index contributed by atoms with van der Waals surface area (Å²) in [6, 6.07) is 21.2. The molecule has 6 nitrogen and oxygen atoms in total. The number of furan rings is 1. The first-order valence-corrected chi connectivity index (χ1v) is 9.88. The van der Waals surface area contributed by atoms with Crippen LogP contribution >= 0.6 is 0 Å². The average molecular weight is 399 g/mol. The van der Waals surface area contributed by atoms with Crippen molar-refractivity contribution in [1.29, 1.82) is 0 Å². The van der Waals surface area contributed by atoms with Crippen LogP contribution in [0, 0.1) is 0 Å². The summed E-state index contributed by atoms with van der Waals surface area (Å²) in [7, 11) is 1.63. The topological polar surface area (TPSA) is 69.3 Å². The molecule has 0 aliphatic heterocycles. The third-order valence-corrected chi connectivity index (χ3v) is 5.43. The fourth-order valence-corrected chi connectivity index (χ4v) is 3.97. The number of rotatable bonds is 5. The average Bonchev–Trinajstić information content (AvgIpc) is 3.44. The fraction of sp³-hybridized carbons (Fsp3) is 0.167. The van der Waals surface area contributed by atoms with Crippen molar-refractivity contribution >= 4 is 17.3 Å². The summed E-state index contributed by atoms with van der Waals surface area (Å²) in [5, 5.41) is 8.11. The van der Waals surface area contributed by atoms with Crippen LogP contribution < -0.4 is 10.1 Å². The SMILES string of the molecule is COc1ccc(Nc2nn(-c3ccccc3)c3c2C(=O)C[C@H](c2ccco2)C3)cc1. The molecule has 2 aromatic heterocycles. The number of hydrogen-bond donors (Lipinski definition) is 1. The van der Waals surface area contributed by atoms with Gasteiger partial charge in [-0.15, -0.1) is 5.10 Å². The zero-order chi connectivity index (χ0) is 20.5. The van der Waals surface area contributed by atoms with E-state index in [4.69, 9.17) is 14.3 Å². The van der Waals surface area contributed by atoms with Crippen molar-refractivity contribution in [3.8, 4) is 11.4 Å². The second-order valence-corrected chi connectivity index (χ2v) is 7.31. The first kappa shape index (κ1) is 18.2. The molecule has 1 aliphatic rings. The number of hydrogen-bond acceptors (Lipinski definition) is 5. The number of ether oxygens (including phenoxy) is 1. The highest BCUT2D eigenvalue weighted by Crippen LogP contribution is 2.38. The molecule has 0 bridgehead atoms. The predicted molar refractivity (Wildman–Crippen MR) is 114 cm³/mol. The van der Waals surface area contributed by atoms with Gasteiger partial charge < -0.3 is 14.5 Å². The molecule has 30 heavy (non-hydrogen) atoms. The summed E-state index contributed by atoms with van der Waals surface area (Å²) in [6.45, 7) is 0. The molecule has 1 atom stereocenters. The number of fused-ring (bicyclic) bond motifs is 1. The molecule has 2 heterocycles. The number of anilines is 2.